The summed E-state index contributed by atoms with van der Waals surface area (Å²) in [7, 11) is 2.03. The van der Waals surface area contributed by atoms with E-state index in [1.54, 1.807) is 6.08 Å². The van der Waals surface area contributed by atoms with E-state index in [9.17, 15) is 0 Å². The van der Waals surface area contributed by atoms with Crippen molar-refractivity contribution in [1.82, 2.24) is 4.90 Å². The second-order valence-electron chi connectivity index (χ2n) is 4.72. The van der Waals surface area contributed by atoms with E-state index in [2.05, 4.69) is 45.4 Å². The van der Waals surface area contributed by atoms with Crippen LogP contribution in [0.1, 0.15) is 27.2 Å². The van der Waals surface area contributed by atoms with E-state index in [4.69, 9.17) is 0 Å². The Morgan fingerprint density at radius 2 is 1.79 bits per heavy atom. The van der Waals surface area contributed by atoms with Gasteiger partial charge in [-0.05, 0) is 17.9 Å². The number of likely N-dealkylation sites (N-methyl/N-ethyl adjacent to an activating group) is 1. The summed E-state index contributed by atoms with van der Waals surface area (Å²) in [6.07, 6.45) is 2.78. The van der Waals surface area contributed by atoms with Crippen molar-refractivity contribution < 1.29 is 0 Å². The topological polar surface area (TPSA) is 3.24 Å². The molecule has 0 rings (SSSR count). The maximum atomic E-state index is 4.10. The molecule has 0 aliphatic carbocycles. The van der Waals surface area contributed by atoms with E-state index in [-0.39, 0.29) is 5.41 Å². The molecular weight excluding hydrogens is 170 g/mol. The van der Waals surface area contributed by atoms with Gasteiger partial charge in [0.1, 0.15) is 0 Å². The average molecular weight is 193 g/mol. The van der Waals surface area contributed by atoms with E-state index in [1.807, 2.05) is 7.05 Å². The van der Waals surface area contributed by atoms with Crippen LogP contribution in [0.25, 0.3) is 0 Å². The van der Waals surface area contributed by atoms with Crippen LogP contribution in [0, 0.1) is 5.41 Å². The van der Waals surface area contributed by atoms with Gasteiger partial charge in [0.25, 0.3) is 0 Å². The van der Waals surface area contributed by atoms with Gasteiger partial charge in [-0.15, -0.1) is 0 Å². The maximum Gasteiger partial charge on any atom is 0.0284 e. The fourth-order valence-electron chi connectivity index (χ4n) is 0.977. The molecule has 0 aliphatic rings. The third-order valence-corrected chi connectivity index (χ3v) is 2.54. The summed E-state index contributed by atoms with van der Waals surface area (Å²) in [4.78, 5) is 2.10. The van der Waals surface area contributed by atoms with Crippen molar-refractivity contribution in [3.63, 3.8) is 0 Å². The average Bonchev–Trinajstić information content (AvgIpc) is 2.10. The SMILES string of the molecule is C=CC(=C)N(C)CCC(=C)C(C)(C)C. The van der Waals surface area contributed by atoms with Gasteiger partial charge in [-0.2, -0.15) is 0 Å². The highest BCUT2D eigenvalue weighted by molar-refractivity contribution is 5.11. The number of hydrogen-bond donors (Lipinski definition) is 0. The third kappa shape index (κ3) is 4.31. The van der Waals surface area contributed by atoms with Crippen LogP contribution in [-0.4, -0.2) is 18.5 Å². The van der Waals surface area contributed by atoms with Crippen LogP contribution in [0.3, 0.4) is 0 Å². The van der Waals surface area contributed by atoms with Crippen LogP contribution >= 0.6 is 0 Å². The van der Waals surface area contributed by atoms with Crippen molar-refractivity contribution in [2.24, 2.45) is 5.41 Å². The second-order valence-corrected chi connectivity index (χ2v) is 4.72. The first-order valence-corrected chi connectivity index (χ1v) is 4.99. The number of nitrogens with zero attached hydrogens (tertiary/aromatic N) is 1. The number of hydrogen-bond acceptors (Lipinski definition) is 1. The molecule has 0 atom stereocenters. The van der Waals surface area contributed by atoms with Crippen LogP contribution in [0.5, 0.6) is 0 Å². The van der Waals surface area contributed by atoms with E-state index in [1.165, 1.54) is 5.57 Å². The highest BCUT2D eigenvalue weighted by Gasteiger charge is 2.14. The zero-order valence-electron chi connectivity index (χ0n) is 10.1. The van der Waals surface area contributed by atoms with Gasteiger partial charge in [-0.25, -0.2) is 0 Å². The first-order valence-electron chi connectivity index (χ1n) is 4.99. The Morgan fingerprint density at radius 3 is 2.14 bits per heavy atom. The molecule has 14 heavy (non-hydrogen) atoms. The van der Waals surface area contributed by atoms with Crippen LogP contribution in [0.4, 0.5) is 0 Å². The van der Waals surface area contributed by atoms with E-state index in [0.717, 1.165) is 18.7 Å². The first-order chi connectivity index (χ1) is 6.29. The van der Waals surface area contributed by atoms with Crippen molar-refractivity contribution in [3.8, 4) is 0 Å². The standard InChI is InChI=1S/C13H23N/c1-8-12(3)14(7)10-9-11(2)13(4,5)6/h8H,1-3,9-10H2,4-7H3. The molecule has 0 spiro atoms. The summed E-state index contributed by atoms with van der Waals surface area (Å²) < 4.78 is 0. The summed E-state index contributed by atoms with van der Waals surface area (Å²) in [6.45, 7) is 19.2. The second kappa shape index (κ2) is 5.04. The van der Waals surface area contributed by atoms with Gasteiger partial charge in [0, 0.05) is 19.3 Å². The third-order valence-electron chi connectivity index (χ3n) is 2.54. The fourth-order valence-corrected chi connectivity index (χ4v) is 0.977. The van der Waals surface area contributed by atoms with Gasteiger partial charge >= 0.3 is 0 Å². The van der Waals surface area contributed by atoms with E-state index < -0.39 is 0 Å². The minimum absolute atomic E-state index is 0.205. The molecule has 0 amide bonds. The molecule has 0 aromatic heterocycles. The Balaban J connectivity index is 4.02. The molecule has 0 aromatic carbocycles. The molecule has 0 heterocycles. The van der Waals surface area contributed by atoms with Gasteiger partial charge in [-0.3, -0.25) is 0 Å². The van der Waals surface area contributed by atoms with Crippen molar-refractivity contribution >= 4 is 0 Å². The lowest BCUT2D eigenvalue weighted by molar-refractivity contribution is 0.404. The molecule has 1 nitrogen and oxygen atoms in total. The lowest BCUT2D eigenvalue weighted by Crippen LogP contribution is -2.20. The van der Waals surface area contributed by atoms with Crippen LogP contribution in [-0.2, 0) is 0 Å². The minimum atomic E-state index is 0.205. The first kappa shape index (κ1) is 13.0. The highest BCUT2D eigenvalue weighted by Crippen LogP contribution is 2.26. The zero-order chi connectivity index (χ0) is 11.4. The molecule has 0 bridgehead atoms. The molecule has 0 aromatic rings. The molecule has 0 radical (unpaired) electrons. The molecule has 0 unspecified atom stereocenters. The van der Waals surface area contributed by atoms with Crippen LogP contribution in [0.2, 0.25) is 0 Å². The number of allylic oxidation sites excluding steroid dienone is 1. The molecule has 0 fully saturated rings. The largest absolute Gasteiger partial charge is 0.375 e. The zero-order valence-corrected chi connectivity index (χ0v) is 10.1. The Hall–Kier alpha value is -0.980. The molecule has 0 aliphatic heterocycles. The quantitative estimate of drug-likeness (QED) is 0.476. The summed E-state index contributed by atoms with van der Waals surface area (Å²) in [5.41, 5.74) is 2.45. The molecule has 0 N–H and O–H groups in total. The van der Waals surface area contributed by atoms with Gasteiger partial charge in [-0.1, -0.05) is 46.1 Å². The Labute approximate surface area is 88.8 Å². The maximum absolute atomic E-state index is 4.10. The lowest BCUT2D eigenvalue weighted by atomic mass is 9.85. The van der Waals surface area contributed by atoms with Crippen molar-refractivity contribution in [3.05, 3.63) is 37.1 Å². The van der Waals surface area contributed by atoms with Gasteiger partial charge in [0.05, 0.1) is 0 Å². The van der Waals surface area contributed by atoms with Gasteiger partial charge in [0.15, 0.2) is 0 Å². The van der Waals surface area contributed by atoms with E-state index >= 15 is 0 Å². The summed E-state index contributed by atoms with van der Waals surface area (Å²) in [5.74, 6) is 0. The minimum Gasteiger partial charge on any atom is -0.375 e. The van der Waals surface area contributed by atoms with Crippen LogP contribution in [0.15, 0.2) is 37.1 Å². The van der Waals surface area contributed by atoms with Gasteiger partial charge < -0.3 is 4.90 Å². The molecular formula is C13H23N. The van der Waals surface area contributed by atoms with Crippen molar-refractivity contribution in [2.45, 2.75) is 27.2 Å². The summed E-state index contributed by atoms with van der Waals surface area (Å²) >= 11 is 0. The monoisotopic (exact) mass is 193 g/mol. The van der Waals surface area contributed by atoms with Gasteiger partial charge in [0.2, 0.25) is 0 Å². The Morgan fingerprint density at radius 1 is 1.29 bits per heavy atom. The predicted octanol–water partition coefficient (Wildman–Crippen LogP) is 3.61. The van der Waals surface area contributed by atoms with Crippen LogP contribution < -0.4 is 0 Å². The molecule has 0 saturated carbocycles. The predicted molar refractivity (Wildman–Crippen MR) is 65.2 cm³/mol. The molecule has 80 valence electrons. The fraction of sp³-hybridized carbons (Fsp3) is 0.538. The number of rotatable bonds is 5. The highest BCUT2D eigenvalue weighted by atomic mass is 15.1. The summed E-state index contributed by atoms with van der Waals surface area (Å²) in [5, 5.41) is 0. The smallest absolute Gasteiger partial charge is 0.0284 e. The molecule has 1 heteroatoms. The van der Waals surface area contributed by atoms with Crippen molar-refractivity contribution in [1.29, 1.82) is 0 Å². The normalized spacial score (nSPS) is 10.9. The Bertz CT molecular complexity index is 230. The van der Waals surface area contributed by atoms with Crippen molar-refractivity contribution in [2.75, 3.05) is 13.6 Å². The Kier molecular flexibility index (Phi) is 4.69. The molecule has 0 saturated heterocycles. The summed E-state index contributed by atoms with van der Waals surface area (Å²) in [6, 6.07) is 0. The lowest BCUT2D eigenvalue weighted by Gasteiger charge is -2.25. The van der Waals surface area contributed by atoms with E-state index in [0.29, 0.717) is 0 Å².